The Bertz CT molecular complexity index is 538. The molecule has 3 heteroatoms. The van der Waals surface area contributed by atoms with Gasteiger partial charge < -0.3 is 5.32 Å². The average molecular weight is 240 g/mol. The van der Waals surface area contributed by atoms with E-state index in [1.165, 1.54) is 17.5 Å². The zero-order chi connectivity index (χ0) is 12.6. The molecule has 18 heavy (non-hydrogen) atoms. The van der Waals surface area contributed by atoms with Crippen molar-refractivity contribution in [3.05, 3.63) is 29.3 Å². The van der Waals surface area contributed by atoms with E-state index in [1.807, 2.05) is 6.07 Å². The summed E-state index contributed by atoms with van der Waals surface area (Å²) in [6.07, 6.45) is 5.81. The molecule has 0 bridgehead atoms. The van der Waals surface area contributed by atoms with Crippen molar-refractivity contribution in [2.75, 3.05) is 5.32 Å². The van der Waals surface area contributed by atoms with Crippen LogP contribution in [0.25, 0.3) is 0 Å². The van der Waals surface area contributed by atoms with E-state index < -0.39 is 5.41 Å². The summed E-state index contributed by atoms with van der Waals surface area (Å²) in [5.41, 5.74) is 2.81. The highest BCUT2D eigenvalue weighted by Gasteiger charge is 2.44. The molecule has 1 aromatic rings. The van der Waals surface area contributed by atoms with E-state index in [-0.39, 0.29) is 5.91 Å². The summed E-state index contributed by atoms with van der Waals surface area (Å²) in [7, 11) is 0. The molecule has 2 aliphatic carbocycles. The van der Waals surface area contributed by atoms with Crippen LogP contribution in [-0.2, 0) is 17.6 Å². The third-order valence-electron chi connectivity index (χ3n) is 4.21. The molecular formula is C15H16N2O. The molecule has 0 spiro atoms. The number of rotatable bonds is 2. The fraction of sp³-hybridized carbons (Fsp3) is 0.467. The number of nitriles is 1. The first-order valence-electron chi connectivity index (χ1n) is 6.58. The van der Waals surface area contributed by atoms with Crippen molar-refractivity contribution in [2.24, 2.45) is 5.41 Å². The smallest absolute Gasteiger partial charge is 0.244 e. The third-order valence-corrected chi connectivity index (χ3v) is 4.21. The lowest BCUT2D eigenvalue weighted by Gasteiger charge is -2.33. The van der Waals surface area contributed by atoms with Gasteiger partial charge in [0, 0.05) is 5.69 Å². The summed E-state index contributed by atoms with van der Waals surface area (Å²) < 4.78 is 0. The molecule has 1 saturated carbocycles. The van der Waals surface area contributed by atoms with E-state index in [0.717, 1.165) is 24.9 Å². The van der Waals surface area contributed by atoms with Gasteiger partial charge in [0.2, 0.25) is 5.91 Å². The Balaban J connectivity index is 1.77. The molecular weight excluding hydrogens is 224 g/mol. The molecule has 0 saturated heterocycles. The highest BCUT2D eigenvalue weighted by Crippen LogP contribution is 2.41. The second-order valence-electron chi connectivity index (χ2n) is 5.34. The number of anilines is 1. The molecule has 1 N–H and O–H groups in total. The van der Waals surface area contributed by atoms with E-state index in [9.17, 15) is 4.79 Å². The predicted octanol–water partition coefficient (Wildman–Crippen LogP) is 2.81. The Kier molecular flexibility index (Phi) is 2.59. The Hall–Kier alpha value is -1.82. The quantitative estimate of drug-likeness (QED) is 0.864. The molecule has 1 amide bonds. The molecule has 1 fully saturated rings. The highest BCUT2D eigenvalue weighted by atomic mass is 16.2. The predicted molar refractivity (Wildman–Crippen MR) is 69.0 cm³/mol. The maximum absolute atomic E-state index is 12.1. The molecule has 2 aliphatic rings. The summed E-state index contributed by atoms with van der Waals surface area (Å²) >= 11 is 0. The van der Waals surface area contributed by atoms with Crippen LogP contribution in [0.5, 0.6) is 0 Å². The maximum Gasteiger partial charge on any atom is 0.244 e. The fourth-order valence-corrected chi connectivity index (χ4v) is 2.82. The topological polar surface area (TPSA) is 52.9 Å². The lowest BCUT2D eigenvalue weighted by Crippen LogP contribution is -2.40. The van der Waals surface area contributed by atoms with Crippen LogP contribution >= 0.6 is 0 Å². The Labute approximate surface area is 107 Å². The van der Waals surface area contributed by atoms with Gasteiger partial charge in [0.15, 0.2) is 0 Å². The van der Waals surface area contributed by atoms with Crippen LogP contribution in [0.3, 0.4) is 0 Å². The van der Waals surface area contributed by atoms with Gasteiger partial charge in [-0.05, 0) is 61.8 Å². The lowest BCUT2D eigenvalue weighted by atomic mass is 9.69. The number of fused-ring (bicyclic) bond motifs is 1. The van der Waals surface area contributed by atoms with Crippen molar-refractivity contribution in [3.63, 3.8) is 0 Å². The first-order valence-corrected chi connectivity index (χ1v) is 6.58. The summed E-state index contributed by atoms with van der Waals surface area (Å²) in [6.45, 7) is 0. The van der Waals surface area contributed by atoms with Gasteiger partial charge in [0.25, 0.3) is 0 Å². The minimum absolute atomic E-state index is 0.130. The van der Waals surface area contributed by atoms with Gasteiger partial charge in [-0.1, -0.05) is 6.07 Å². The Morgan fingerprint density at radius 3 is 2.67 bits per heavy atom. The number of hydrogen-bond acceptors (Lipinski definition) is 2. The normalized spacial score (nSPS) is 19.5. The second-order valence-corrected chi connectivity index (χ2v) is 5.34. The molecule has 0 radical (unpaired) electrons. The maximum atomic E-state index is 12.1. The van der Waals surface area contributed by atoms with Crippen molar-refractivity contribution in [3.8, 4) is 6.07 Å². The van der Waals surface area contributed by atoms with Gasteiger partial charge in [-0.2, -0.15) is 5.26 Å². The summed E-state index contributed by atoms with van der Waals surface area (Å²) in [6, 6.07) is 8.28. The van der Waals surface area contributed by atoms with Gasteiger partial charge in [-0.15, -0.1) is 0 Å². The monoisotopic (exact) mass is 240 g/mol. The van der Waals surface area contributed by atoms with Crippen molar-refractivity contribution in [1.29, 1.82) is 5.26 Å². The van der Waals surface area contributed by atoms with Crippen LogP contribution in [-0.4, -0.2) is 5.91 Å². The average Bonchev–Trinajstić information content (AvgIpc) is 2.75. The third kappa shape index (κ3) is 1.69. The Morgan fingerprint density at radius 2 is 2.00 bits per heavy atom. The first-order chi connectivity index (χ1) is 8.73. The lowest BCUT2D eigenvalue weighted by molar-refractivity contribution is -0.126. The van der Waals surface area contributed by atoms with Crippen molar-refractivity contribution in [1.82, 2.24) is 0 Å². The summed E-state index contributed by atoms with van der Waals surface area (Å²) in [5.74, 6) is -0.130. The number of aryl methyl sites for hydroxylation is 2. The number of nitrogens with zero attached hydrogens (tertiary/aromatic N) is 1. The molecule has 3 rings (SSSR count). The summed E-state index contributed by atoms with van der Waals surface area (Å²) in [4.78, 5) is 12.1. The van der Waals surface area contributed by atoms with Crippen LogP contribution in [0.4, 0.5) is 5.69 Å². The van der Waals surface area contributed by atoms with Crippen LogP contribution in [0.1, 0.15) is 36.8 Å². The van der Waals surface area contributed by atoms with Crippen LogP contribution in [0, 0.1) is 16.7 Å². The van der Waals surface area contributed by atoms with Crippen molar-refractivity contribution >= 4 is 11.6 Å². The number of amides is 1. The number of carbonyl (C=O) groups is 1. The molecule has 0 aromatic heterocycles. The van der Waals surface area contributed by atoms with E-state index in [0.29, 0.717) is 12.8 Å². The highest BCUT2D eigenvalue weighted by molar-refractivity contribution is 5.97. The SMILES string of the molecule is N#CC1(C(=O)Nc2ccc3c(c2)CCC3)CCC1. The first kappa shape index (κ1) is 11.3. The van der Waals surface area contributed by atoms with Gasteiger partial charge in [-0.3, -0.25) is 4.79 Å². The number of carbonyl (C=O) groups excluding carboxylic acids is 1. The van der Waals surface area contributed by atoms with Gasteiger partial charge in [0.1, 0.15) is 5.41 Å². The largest absolute Gasteiger partial charge is 0.325 e. The second kappa shape index (κ2) is 4.13. The molecule has 0 unspecified atom stereocenters. The standard InChI is InChI=1S/C15H16N2O/c16-10-15(7-2-8-15)14(18)17-13-6-5-11-3-1-4-12(11)9-13/h5-6,9H,1-4,7-8H2,(H,17,18). The molecule has 1 aromatic carbocycles. The van der Waals surface area contributed by atoms with Gasteiger partial charge in [0.05, 0.1) is 6.07 Å². The van der Waals surface area contributed by atoms with E-state index in [2.05, 4.69) is 23.5 Å². The molecule has 0 aliphatic heterocycles. The minimum Gasteiger partial charge on any atom is -0.325 e. The van der Waals surface area contributed by atoms with Crippen molar-refractivity contribution in [2.45, 2.75) is 38.5 Å². The van der Waals surface area contributed by atoms with Crippen LogP contribution in [0.2, 0.25) is 0 Å². The molecule has 92 valence electrons. The van der Waals surface area contributed by atoms with E-state index >= 15 is 0 Å². The van der Waals surface area contributed by atoms with Gasteiger partial charge >= 0.3 is 0 Å². The van der Waals surface area contributed by atoms with Crippen molar-refractivity contribution < 1.29 is 4.79 Å². The number of benzene rings is 1. The molecule has 0 heterocycles. The number of hydrogen-bond donors (Lipinski definition) is 1. The zero-order valence-corrected chi connectivity index (χ0v) is 10.3. The molecule has 3 nitrogen and oxygen atoms in total. The van der Waals surface area contributed by atoms with Crippen LogP contribution < -0.4 is 5.32 Å². The van der Waals surface area contributed by atoms with Crippen LogP contribution in [0.15, 0.2) is 18.2 Å². The summed E-state index contributed by atoms with van der Waals surface area (Å²) in [5, 5.41) is 12.0. The molecule has 0 atom stereocenters. The van der Waals surface area contributed by atoms with E-state index in [4.69, 9.17) is 5.26 Å². The number of nitrogens with one attached hydrogen (secondary N) is 1. The minimum atomic E-state index is -0.765. The van der Waals surface area contributed by atoms with Gasteiger partial charge in [-0.25, -0.2) is 0 Å². The Morgan fingerprint density at radius 1 is 1.22 bits per heavy atom. The fourth-order valence-electron chi connectivity index (χ4n) is 2.82. The zero-order valence-electron chi connectivity index (χ0n) is 10.3. The van der Waals surface area contributed by atoms with E-state index in [1.54, 1.807) is 0 Å².